The van der Waals surface area contributed by atoms with Crippen molar-refractivity contribution in [1.29, 1.82) is 0 Å². The van der Waals surface area contributed by atoms with Crippen molar-refractivity contribution in [2.45, 2.75) is 456 Å². The van der Waals surface area contributed by atoms with E-state index in [4.69, 9.17) is 4.74 Å². The van der Waals surface area contributed by atoms with Crippen LogP contribution in [0.1, 0.15) is 444 Å². The predicted molar refractivity (Wildman–Crippen MR) is 375 cm³/mol. The number of aliphatic hydroxyl groups excluding tert-OH is 2. The van der Waals surface area contributed by atoms with Crippen LogP contribution in [0.5, 0.6) is 0 Å². The molecule has 0 aliphatic carbocycles. The highest BCUT2D eigenvalue weighted by atomic mass is 16.5. The Morgan fingerprint density at radius 2 is 0.588 bits per heavy atom. The summed E-state index contributed by atoms with van der Waals surface area (Å²) in [5.41, 5.74) is 0. The van der Waals surface area contributed by atoms with Gasteiger partial charge in [-0.15, -0.1) is 0 Å². The molecule has 1 amide bonds. The Morgan fingerprint density at radius 3 is 0.918 bits per heavy atom. The lowest BCUT2D eigenvalue weighted by Crippen LogP contribution is -2.45. The molecule has 0 aromatic carbocycles. The van der Waals surface area contributed by atoms with Crippen molar-refractivity contribution in [3.05, 3.63) is 24.3 Å². The summed E-state index contributed by atoms with van der Waals surface area (Å²) in [4.78, 5) is 24.7. The molecule has 85 heavy (non-hydrogen) atoms. The molecule has 0 fully saturated rings. The van der Waals surface area contributed by atoms with Crippen molar-refractivity contribution in [3.8, 4) is 0 Å². The quantitative estimate of drug-likeness (QED) is 0.0320. The highest BCUT2D eigenvalue weighted by Gasteiger charge is 2.20. The Kier molecular flexibility index (Phi) is 73.3. The van der Waals surface area contributed by atoms with Gasteiger partial charge in [-0.25, -0.2) is 0 Å². The van der Waals surface area contributed by atoms with Crippen LogP contribution in [-0.2, 0) is 14.3 Å². The van der Waals surface area contributed by atoms with Gasteiger partial charge in [0.05, 0.1) is 25.4 Å². The summed E-state index contributed by atoms with van der Waals surface area (Å²) in [5.74, 6) is -0.0114. The largest absolute Gasteiger partial charge is 0.466 e. The van der Waals surface area contributed by atoms with Crippen LogP contribution >= 0.6 is 0 Å². The lowest BCUT2D eigenvalue weighted by molar-refractivity contribution is -0.143. The molecule has 6 nitrogen and oxygen atoms in total. The number of carbonyl (C=O) groups is 2. The minimum absolute atomic E-state index is 0.0155. The van der Waals surface area contributed by atoms with Crippen molar-refractivity contribution in [2.75, 3.05) is 13.2 Å². The van der Waals surface area contributed by atoms with Gasteiger partial charge in [0.1, 0.15) is 0 Å². The van der Waals surface area contributed by atoms with E-state index in [1.807, 2.05) is 0 Å². The molecule has 2 unspecified atom stereocenters. The summed E-state index contributed by atoms with van der Waals surface area (Å²) in [7, 11) is 0. The van der Waals surface area contributed by atoms with Crippen LogP contribution in [0.4, 0.5) is 0 Å². The zero-order valence-corrected chi connectivity index (χ0v) is 57.9. The molecule has 0 radical (unpaired) electrons. The fourth-order valence-electron chi connectivity index (χ4n) is 12.6. The zero-order chi connectivity index (χ0) is 61.3. The first-order valence-electron chi connectivity index (χ1n) is 39.1. The number of esters is 1. The Hall–Kier alpha value is -1.66. The first kappa shape index (κ1) is 83.3. The Bertz CT molecular complexity index is 1330. The number of hydrogen-bond donors (Lipinski definition) is 3. The third-order valence-electron chi connectivity index (χ3n) is 18.5. The van der Waals surface area contributed by atoms with E-state index < -0.39 is 12.1 Å². The molecule has 0 saturated heterocycles. The van der Waals surface area contributed by atoms with Gasteiger partial charge in [-0.05, 0) is 57.8 Å². The molecular weight excluding hydrogens is 1040 g/mol. The standard InChI is InChI=1S/C79H153NO5/c1-3-5-7-9-11-13-15-17-19-21-23-24-32-36-39-43-47-51-55-59-63-67-71-77(82)76(75-81)80-78(83)72-68-64-60-56-52-48-44-40-37-33-30-28-26-25-27-29-31-34-38-42-46-50-54-58-62-66-70-74-85-79(84)73-69-65-61-57-53-49-45-41-35-22-20-18-16-14-12-10-8-6-4-2/h12,14,18,20,76-77,81-82H,3-11,13,15-17,19,21-75H2,1-2H3,(H,80,83)/b14-12-,20-18-. The molecule has 504 valence electrons. The summed E-state index contributed by atoms with van der Waals surface area (Å²) in [5, 5.41) is 23.5. The topological polar surface area (TPSA) is 95.9 Å². The number of rotatable bonds is 74. The van der Waals surface area contributed by atoms with Crippen LogP contribution in [0.25, 0.3) is 0 Å². The molecule has 0 rings (SSSR count). The average molecular weight is 1200 g/mol. The third-order valence-corrected chi connectivity index (χ3v) is 18.5. The summed E-state index contributed by atoms with van der Waals surface area (Å²) in [6.45, 7) is 4.98. The molecule has 0 spiro atoms. The van der Waals surface area contributed by atoms with E-state index in [0.717, 1.165) is 51.4 Å². The van der Waals surface area contributed by atoms with Crippen LogP contribution in [-0.4, -0.2) is 47.4 Å². The molecule has 2 atom stereocenters. The van der Waals surface area contributed by atoms with Crippen molar-refractivity contribution < 1.29 is 24.5 Å². The van der Waals surface area contributed by atoms with Crippen LogP contribution in [0.3, 0.4) is 0 Å². The van der Waals surface area contributed by atoms with Gasteiger partial charge in [-0.1, -0.05) is 398 Å². The van der Waals surface area contributed by atoms with E-state index in [-0.39, 0.29) is 18.5 Å². The van der Waals surface area contributed by atoms with E-state index in [2.05, 4.69) is 43.5 Å². The molecule has 0 aliphatic heterocycles. The predicted octanol–water partition coefficient (Wildman–Crippen LogP) is 25.7. The maximum Gasteiger partial charge on any atom is 0.305 e. The summed E-state index contributed by atoms with van der Waals surface area (Å²) in [6, 6.07) is -0.540. The van der Waals surface area contributed by atoms with E-state index >= 15 is 0 Å². The number of carbonyl (C=O) groups excluding carboxylic acids is 2. The number of aliphatic hydroxyl groups is 2. The summed E-state index contributed by atoms with van der Waals surface area (Å²) < 4.78 is 5.51. The maximum atomic E-state index is 12.6. The minimum atomic E-state index is -0.664. The Balaban J connectivity index is 3.34. The molecule has 0 aliphatic rings. The highest BCUT2D eigenvalue weighted by Crippen LogP contribution is 2.20. The molecule has 0 aromatic heterocycles. The van der Waals surface area contributed by atoms with Crippen molar-refractivity contribution in [1.82, 2.24) is 5.32 Å². The smallest absolute Gasteiger partial charge is 0.305 e. The van der Waals surface area contributed by atoms with E-state index in [9.17, 15) is 19.8 Å². The molecule has 0 aromatic rings. The first-order chi connectivity index (χ1) is 42.0. The molecule has 0 saturated carbocycles. The molecule has 6 heteroatoms. The lowest BCUT2D eigenvalue weighted by atomic mass is 10.0. The Labute approximate surface area is 532 Å². The second-order valence-electron chi connectivity index (χ2n) is 27.0. The Morgan fingerprint density at radius 1 is 0.329 bits per heavy atom. The van der Waals surface area contributed by atoms with Crippen LogP contribution < -0.4 is 5.32 Å². The first-order valence-corrected chi connectivity index (χ1v) is 39.1. The fourth-order valence-corrected chi connectivity index (χ4v) is 12.6. The second kappa shape index (κ2) is 74.8. The van der Waals surface area contributed by atoms with Crippen molar-refractivity contribution in [2.24, 2.45) is 0 Å². The lowest BCUT2D eigenvalue weighted by Gasteiger charge is -2.22. The molecule has 3 N–H and O–H groups in total. The van der Waals surface area contributed by atoms with Gasteiger partial charge in [0.2, 0.25) is 5.91 Å². The fraction of sp³-hybridized carbons (Fsp3) is 0.924. The van der Waals surface area contributed by atoms with Gasteiger partial charge in [0.25, 0.3) is 0 Å². The van der Waals surface area contributed by atoms with Gasteiger partial charge < -0.3 is 20.3 Å². The monoisotopic (exact) mass is 1200 g/mol. The summed E-state index contributed by atoms with van der Waals surface area (Å²) >= 11 is 0. The van der Waals surface area contributed by atoms with E-state index in [0.29, 0.717) is 25.9 Å². The van der Waals surface area contributed by atoms with E-state index in [1.165, 1.54) is 360 Å². The second-order valence-corrected chi connectivity index (χ2v) is 27.0. The average Bonchev–Trinajstić information content (AvgIpc) is 3.51. The number of unbranched alkanes of at least 4 members (excludes halogenated alkanes) is 59. The van der Waals surface area contributed by atoms with Crippen LogP contribution in [0.15, 0.2) is 24.3 Å². The van der Waals surface area contributed by atoms with E-state index in [1.54, 1.807) is 0 Å². The van der Waals surface area contributed by atoms with Crippen LogP contribution in [0.2, 0.25) is 0 Å². The van der Waals surface area contributed by atoms with Crippen LogP contribution in [0, 0.1) is 0 Å². The van der Waals surface area contributed by atoms with Crippen molar-refractivity contribution in [3.63, 3.8) is 0 Å². The van der Waals surface area contributed by atoms with Gasteiger partial charge in [-0.3, -0.25) is 9.59 Å². The number of hydrogen-bond acceptors (Lipinski definition) is 5. The normalized spacial score (nSPS) is 12.6. The molecule has 0 heterocycles. The SMILES string of the molecule is CCCCC/C=C\C/C=C\CCCCCCCCCCCC(=O)OCCCCCCCCCCCCCCCCCCCCCCCCCCCCCC(=O)NC(CO)C(O)CCCCCCCCCCCCCCCCCCCCCCCC. The van der Waals surface area contributed by atoms with Gasteiger partial charge in [-0.2, -0.15) is 0 Å². The zero-order valence-electron chi connectivity index (χ0n) is 57.9. The minimum Gasteiger partial charge on any atom is -0.466 e. The van der Waals surface area contributed by atoms with Crippen molar-refractivity contribution >= 4 is 11.9 Å². The number of ether oxygens (including phenoxy) is 1. The third kappa shape index (κ3) is 71.3. The van der Waals surface area contributed by atoms with Gasteiger partial charge in [0, 0.05) is 12.8 Å². The maximum absolute atomic E-state index is 12.6. The molecular formula is C79H153NO5. The highest BCUT2D eigenvalue weighted by molar-refractivity contribution is 5.76. The van der Waals surface area contributed by atoms with Gasteiger partial charge in [0.15, 0.2) is 0 Å². The van der Waals surface area contributed by atoms with Gasteiger partial charge >= 0.3 is 5.97 Å². The number of allylic oxidation sites excluding steroid dienone is 4. The molecule has 0 bridgehead atoms. The summed E-state index contributed by atoms with van der Waals surface area (Å²) in [6.07, 6.45) is 95.4. The number of amides is 1. The number of nitrogens with one attached hydrogen (secondary N) is 1.